The number of rotatable bonds is 6. The minimum absolute atomic E-state index is 0.0595. The van der Waals surface area contributed by atoms with Gasteiger partial charge in [0.1, 0.15) is 5.76 Å². The molecule has 3 rings (SSSR count). The number of hydrogen-bond donors (Lipinski definition) is 1. The van der Waals surface area contributed by atoms with Gasteiger partial charge in [0.25, 0.3) is 5.91 Å². The zero-order chi connectivity index (χ0) is 16.9. The SMILES string of the molecule is N#Cc1ccc(C(=O)NCC(=O)N(Cc2ccco2)C2CC2)cc1. The second-order valence-corrected chi connectivity index (χ2v) is 5.70. The lowest BCUT2D eigenvalue weighted by molar-refractivity contribution is -0.131. The number of hydrogen-bond acceptors (Lipinski definition) is 4. The normalized spacial score (nSPS) is 13.1. The summed E-state index contributed by atoms with van der Waals surface area (Å²) in [5.74, 6) is 0.270. The average molecular weight is 323 g/mol. The Morgan fingerprint density at radius 2 is 2.00 bits per heavy atom. The van der Waals surface area contributed by atoms with Crippen molar-refractivity contribution >= 4 is 11.8 Å². The maximum absolute atomic E-state index is 12.4. The van der Waals surface area contributed by atoms with Crippen molar-refractivity contribution < 1.29 is 14.0 Å². The second kappa shape index (κ2) is 7.01. The van der Waals surface area contributed by atoms with Crippen LogP contribution in [0.4, 0.5) is 0 Å². The number of nitriles is 1. The fourth-order valence-corrected chi connectivity index (χ4v) is 2.43. The van der Waals surface area contributed by atoms with E-state index in [0.29, 0.717) is 17.7 Å². The first kappa shape index (κ1) is 15.8. The molecule has 1 saturated carbocycles. The zero-order valence-electron chi connectivity index (χ0n) is 13.1. The van der Waals surface area contributed by atoms with Crippen LogP contribution in [0.5, 0.6) is 0 Å². The van der Waals surface area contributed by atoms with Gasteiger partial charge in [-0.05, 0) is 49.2 Å². The summed E-state index contributed by atoms with van der Waals surface area (Å²) in [6.07, 6.45) is 3.55. The van der Waals surface area contributed by atoms with Crippen molar-refractivity contribution in [2.24, 2.45) is 0 Å². The van der Waals surface area contributed by atoms with Crippen LogP contribution < -0.4 is 5.32 Å². The van der Waals surface area contributed by atoms with E-state index >= 15 is 0 Å². The van der Waals surface area contributed by atoms with Crippen molar-refractivity contribution in [1.82, 2.24) is 10.2 Å². The molecule has 2 aromatic rings. The summed E-state index contributed by atoms with van der Waals surface area (Å²) in [5.41, 5.74) is 0.909. The van der Waals surface area contributed by atoms with Gasteiger partial charge in [0.2, 0.25) is 5.91 Å². The van der Waals surface area contributed by atoms with Gasteiger partial charge in [0.05, 0.1) is 31.0 Å². The monoisotopic (exact) mass is 323 g/mol. The fourth-order valence-electron chi connectivity index (χ4n) is 2.43. The lowest BCUT2D eigenvalue weighted by Crippen LogP contribution is -2.41. The van der Waals surface area contributed by atoms with Gasteiger partial charge in [-0.25, -0.2) is 0 Å². The molecule has 24 heavy (non-hydrogen) atoms. The summed E-state index contributed by atoms with van der Waals surface area (Å²) in [6.45, 7) is 0.360. The van der Waals surface area contributed by atoms with Gasteiger partial charge in [-0.1, -0.05) is 0 Å². The van der Waals surface area contributed by atoms with Gasteiger partial charge < -0.3 is 14.6 Å². The number of furan rings is 1. The first-order chi connectivity index (χ1) is 11.7. The number of amides is 2. The molecule has 0 spiro atoms. The maximum atomic E-state index is 12.4. The number of nitrogens with zero attached hydrogens (tertiary/aromatic N) is 2. The van der Waals surface area contributed by atoms with E-state index < -0.39 is 0 Å². The molecule has 1 fully saturated rings. The quantitative estimate of drug-likeness (QED) is 0.881. The molecule has 6 heteroatoms. The molecule has 0 bridgehead atoms. The van der Waals surface area contributed by atoms with Crippen LogP contribution in [0.15, 0.2) is 47.1 Å². The summed E-state index contributed by atoms with van der Waals surface area (Å²) in [4.78, 5) is 26.3. The predicted molar refractivity (Wildman–Crippen MR) is 85.8 cm³/mol. The van der Waals surface area contributed by atoms with Gasteiger partial charge in [-0.3, -0.25) is 9.59 Å². The Bertz CT molecular complexity index is 756. The third-order valence-electron chi connectivity index (χ3n) is 3.89. The topological polar surface area (TPSA) is 86.3 Å². The summed E-state index contributed by atoms with van der Waals surface area (Å²) < 4.78 is 5.30. The number of carbonyl (C=O) groups excluding carboxylic acids is 2. The summed E-state index contributed by atoms with van der Waals surface area (Å²) in [5, 5.41) is 11.4. The lowest BCUT2D eigenvalue weighted by Gasteiger charge is -2.21. The van der Waals surface area contributed by atoms with Crippen LogP contribution in [-0.4, -0.2) is 29.3 Å². The van der Waals surface area contributed by atoms with Crippen LogP contribution in [0.1, 0.15) is 34.5 Å². The Balaban J connectivity index is 1.56. The Labute approximate surface area is 139 Å². The molecule has 0 unspecified atom stereocenters. The molecule has 0 aliphatic heterocycles. The van der Waals surface area contributed by atoms with Crippen LogP contribution in [0.25, 0.3) is 0 Å². The van der Waals surface area contributed by atoms with Crippen molar-refractivity contribution in [3.05, 3.63) is 59.5 Å². The minimum atomic E-state index is -0.332. The fraction of sp³-hybridized carbons (Fsp3) is 0.278. The Hall–Kier alpha value is -3.07. The van der Waals surface area contributed by atoms with E-state index in [4.69, 9.17) is 9.68 Å². The van der Waals surface area contributed by atoms with Crippen LogP contribution >= 0.6 is 0 Å². The van der Waals surface area contributed by atoms with Gasteiger partial charge in [0, 0.05) is 11.6 Å². The van der Waals surface area contributed by atoms with E-state index in [0.717, 1.165) is 18.6 Å². The highest BCUT2D eigenvalue weighted by atomic mass is 16.3. The molecule has 0 saturated heterocycles. The highest BCUT2D eigenvalue weighted by Gasteiger charge is 2.33. The summed E-state index contributed by atoms with van der Waals surface area (Å²) >= 11 is 0. The van der Waals surface area contributed by atoms with Crippen molar-refractivity contribution in [3.8, 4) is 6.07 Å². The Kier molecular flexibility index (Phi) is 4.62. The van der Waals surface area contributed by atoms with E-state index in [-0.39, 0.29) is 24.4 Å². The maximum Gasteiger partial charge on any atom is 0.251 e. The highest BCUT2D eigenvalue weighted by molar-refractivity contribution is 5.96. The van der Waals surface area contributed by atoms with Crippen molar-refractivity contribution in [3.63, 3.8) is 0 Å². The molecule has 0 radical (unpaired) electrons. The standard InChI is InChI=1S/C18H17N3O3/c19-10-13-3-5-14(6-4-13)18(23)20-11-17(22)21(15-7-8-15)12-16-2-1-9-24-16/h1-6,9,15H,7-8,11-12H2,(H,20,23). The molecule has 1 aliphatic rings. The van der Waals surface area contributed by atoms with Gasteiger partial charge in [-0.15, -0.1) is 0 Å². The molecular formula is C18H17N3O3. The first-order valence-electron chi connectivity index (χ1n) is 7.77. The molecule has 1 heterocycles. The molecule has 6 nitrogen and oxygen atoms in total. The van der Waals surface area contributed by atoms with Crippen LogP contribution in [0, 0.1) is 11.3 Å². The van der Waals surface area contributed by atoms with Crippen LogP contribution in [0.3, 0.4) is 0 Å². The molecular weight excluding hydrogens is 306 g/mol. The zero-order valence-corrected chi connectivity index (χ0v) is 13.1. The van der Waals surface area contributed by atoms with Crippen molar-refractivity contribution in [1.29, 1.82) is 5.26 Å². The second-order valence-electron chi connectivity index (χ2n) is 5.70. The third-order valence-corrected chi connectivity index (χ3v) is 3.89. The highest BCUT2D eigenvalue weighted by Crippen LogP contribution is 2.28. The van der Waals surface area contributed by atoms with Gasteiger partial charge in [-0.2, -0.15) is 5.26 Å². The minimum Gasteiger partial charge on any atom is -0.467 e. The first-order valence-corrected chi connectivity index (χ1v) is 7.77. The molecule has 1 aliphatic carbocycles. The summed E-state index contributed by atoms with van der Waals surface area (Å²) in [6, 6.07) is 12.1. The van der Waals surface area contributed by atoms with E-state index in [1.165, 1.54) is 0 Å². The number of nitrogens with one attached hydrogen (secondary N) is 1. The average Bonchev–Trinajstić information content (AvgIpc) is 3.33. The van der Waals surface area contributed by atoms with Gasteiger partial charge in [0.15, 0.2) is 0 Å². The number of benzene rings is 1. The van der Waals surface area contributed by atoms with E-state index in [9.17, 15) is 9.59 Å². The van der Waals surface area contributed by atoms with Gasteiger partial charge >= 0.3 is 0 Å². The molecule has 1 aromatic heterocycles. The molecule has 2 amide bonds. The Morgan fingerprint density at radius 1 is 1.25 bits per heavy atom. The van der Waals surface area contributed by atoms with Crippen LogP contribution in [-0.2, 0) is 11.3 Å². The van der Waals surface area contributed by atoms with E-state index in [1.807, 2.05) is 12.1 Å². The Morgan fingerprint density at radius 3 is 2.58 bits per heavy atom. The molecule has 122 valence electrons. The smallest absolute Gasteiger partial charge is 0.251 e. The summed E-state index contributed by atoms with van der Waals surface area (Å²) in [7, 11) is 0. The predicted octanol–water partition coefficient (Wildman–Crippen LogP) is 2.07. The lowest BCUT2D eigenvalue weighted by atomic mass is 10.1. The van der Waals surface area contributed by atoms with E-state index in [1.54, 1.807) is 41.5 Å². The molecule has 1 aromatic carbocycles. The van der Waals surface area contributed by atoms with Crippen molar-refractivity contribution in [2.45, 2.75) is 25.4 Å². The largest absolute Gasteiger partial charge is 0.467 e. The molecule has 1 N–H and O–H groups in total. The third kappa shape index (κ3) is 3.82. The number of carbonyl (C=O) groups is 2. The van der Waals surface area contributed by atoms with Crippen molar-refractivity contribution in [2.75, 3.05) is 6.54 Å². The van der Waals surface area contributed by atoms with Crippen LogP contribution in [0.2, 0.25) is 0 Å². The molecule has 0 atom stereocenters. The van der Waals surface area contributed by atoms with E-state index in [2.05, 4.69) is 5.32 Å².